The van der Waals surface area contributed by atoms with E-state index in [1.807, 2.05) is 22.6 Å². The van der Waals surface area contributed by atoms with E-state index < -0.39 is 24.2 Å². The molecule has 0 aliphatic carbocycles. The van der Waals surface area contributed by atoms with Gasteiger partial charge in [-0.3, -0.25) is 0 Å². The molecule has 3 nitrogen and oxygen atoms in total. The molecule has 25 heavy (non-hydrogen) atoms. The third kappa shape index (κ3) is 5.10. The molecular weight excluding hydrogens is 448 g/mol. The number of carbonyl (C=O) groups is 1. The maximum atomic E-state index is 13.1. The van der Waals surface area contributed by atoms with E-state index in [-0.39, 0.29) is 11.1 Å². The molecule has 2 aromatic carbocycles. The molecule has 0 saturated heterocycles. The lowest BCUT2D eigenvalue weighted by Gasteiger charge is -2.31. The van der Waals surface area contributed by atoms with Crippen molar-refractivity contribution in [3.63, 3.8) is 0 Å². The molecular formula is C18H16F3IO3. The summed E-state index contributed by atoms with van der Waals surface area (Å²) >= 11 is 1.94. The van der Waals surface area contributed by atoms with Crippen LogP contribution < -0.4 is 4.74 Å². The Labute approximate surface area is 157 Å². The topological polar surface area (TPSA) is 35.5 Å². The molecule has 0 aliphatic rings. The summed E-state index contributed by atoms with van der Waals surface area (Å²) in [5, 5.41) is 0. The van der Waals surface area contributed by atoms with E-state index in [1.54, 1.807) is 18.2 Å². The van der Waals surface area contributed by atoms with Gasteiger partial charge in [0.2, 0.25) is 0 Å². The van der Waals surface area contributed by atoms with Crippen LogP contribution in [0.3, 0.4) is 0 Å². The maximum Gasteiger partial charge on any atom is 0.393 e. The van der Waals surface area contributed by atoms with Crippen LogP contribution in [-0.4, -0.2) is 19.3 Å². The van der Waals surface area contributed by atoms with Crippen molar-refractivity contribution in [2.75, 3.05) is 7.11 Å². The zero-order valence-electron chi connectivity index (χ0n) is 13.6. The largest absolute Gasteiger partial charge is 0.497 e. The predicted octanol–water partition coefficient (Wildman–Crippen LogP) is 5.32. The smallest absolute Gasteiger partial charge is 0.393 e. The Kier molecular flexibility index (Phi) is 5.97. The van der Waals surface area contributed by atoms with Gasteiger partial charge in [0.15, 0.2) is 0 Å². The van der Waals surface area contributed by atoms with E-state index in [2.05, 4.69) is 0 Å². The summed E-state index contributed by atoms with van der Waals surface area (Å²) in [6.07, 6.45) is -5.79. The fourth-order valence-electron chi connectivity index (χ4n) is 2.41. The molecule has 1 atom stereocenters. The first-order valence-electron chi connectivity index (χ1n) is 7.34. The van der Waals surface area contributed by atoms with Crippen LogP contribution in [0.5, 0.6) is 5.75 Å². The van der Waals surface area contributed by atoms with Crippen molar-refractivity contribution < 1.29 is 27.4 Å². The number of hydrogen-bond donors (Lipinski definition) is 0. The lowest BCUT2D eigenvalue weighted by atomic mass is 9.91. The first-order valence-corrected chi connectivity index (χ1v) is 8.42. The number of hydrogen-bond acceptors (Lipinski definition) is 3. The zero-order chi connectivity index (χ0) is 18.7. The van der Waals surface area contributed by atoms with Crippen LogP contribution in [0.2, 0.25) is 0 Å². The average molecular weight is 464 g/mol. The van der Waals surface area contributed by atoms with E-state index in [0.29, 0.717) is 9.32 Å². The molecule has 0 aromatic heterocycles. The van der Waals surface area contributed by atoms with E-state index in [4.69, 9.17) is 9.47 Å². The van der Waals surface area contributed by atoms with Gasteiger partial charge in [-0.25, -0.2) is 4.79 Å². The molecule has 0 fully saturated rings. The molecule has 2 aromatic rings. The second-order valence-corrected chi connectivity index (χ2v) is 6.78. The molecule has 0 heterocycles. The Balaban J connectivity index is 2.37. The average Bonchev–Trinajstić information content (AvgIpc) is 2.53. The van der Waals surface area contributed by atoms with Crippen molar-refractivity contribution in [3.8, 4) is 5.75 Å². The monoisotopic (exact) mass is 464 g/mol. The second-order valence-electron chi connectivity index (χ2n) is 5.62. The highest BCUT2D eigenvalue weighted by Gasteiger charge is 2.43. The molecule has 0 amide bonds. The molecule has 0 saturated carbocycles. The van der Waals surface area contributed by atoms with Gasteiger partial charge in [-0.15, -0.1) is 0 Å². The van der Waals surface area contributed by atoms with Gasteiger partial charge in [-0.05, 0) is 59.3 Å². The van der Waals surface area contributed by atoms with Gasteiger partial charge in [0, 0.05) is 3.57 Å². The minimum Gasteiger partial charge on any atom is -0.497 e. The van der Waals surface area contributed by atoms with Crippen LogP contribution in [0.1, 0.15) is 29.3 Å². The minimum atomic E-state index is -4.50. The Hall–Kier alpha value is -1.77. The molecule has 0 radical (unpaired) electrons. The molecule has 0 N–H and O–H groups in total. The number of benzene rings is 2. The third-order valence-electron chi connectivity index (χ3n) is 3.65. The summed E-state index contributed by atoms with van der Waals surface area (Å²) in [5.41, 5.74) is -1.38. The molecule has 134 valence electrons. The number of methoxy groups -OCH3 is 1. The Morgan fingerprint density at radius 2 is 1.68 bits per heavy atom. The molecule has 1 unspecified atom stereocenters. The van der Waals surface area contributed by atoms with Crippen molar-refractivity contribution in [1.82, 2.24) is 0 Å². The normalized spacial score (nSPS) is 13.8. The quantitative estimate of drug-likeness (QED) is 0.444. The molecule has 0 bridgehead atoms. The van der Waals surface area contributed by atoms with Crippen molar-refractivity contribution in [2.24, 2.45) is 0 Å². The van der Waals surface area contributed by atoms with Gasteiger partial charge in [-0.2, -0.15) is 13.2 Å². The van der Waals surface area contributed by atoms with Crippen LogP contribution in [0.4, 0.5) is 13.2 Å². The van der Waals surface area contributed by atoms with Crippen molar-refractivity contribution in [2.45, 2.75) is 25.1 Å². The van der Waals surface area contributed by atoms with E-state index in [1.165, 1.54) is 44.4 Å². The van der Waals surface area contributed by atoms with Gasteiger partial charge < -0.3 is 9.47 Å². The fourth-order valence-corrected chi connectivity index (χ4v) is 3.02. The van der Waals surface area contributed by atoms with Crippen LogP contribution in [0.25, 0.3) is 0 Å². The lowest BCUT2D eigenvalue weighted by molar-refractivity contribution is -0.175. The number of alkyl halides is 3. The fraction of sp³-hybridized carbons (Fsp3) is 0.278. The van der Waals surface area contributed by atoms with Gasteiger partial charge >= 0.3 is 12.1 Å². The first kappa shape index (κ1) is 19.6. The summed E-state index contributed by atoms with van der Waals surface area (Å²) in [6.45, 7) is 1.26. The highest BCUT2D eigenvalue weighted by atomic mass is 127. The van der Waals surface area contributed by atoms with Crippen molar-refractivity contribution >= 4 is 28.6 Å². The lowest BCUT2D eigenvalue weighted by Crippen LogP contribution is -2.34. The molecule has 0 aliphatic heterocycles. The van der Waals surface area contributed by atoms with Crippen LogP contribution in [0, 0.1) is 3.57 Å². The summed E-state index contributed by atoms with van der Waals surface area (Å²) in [5.74, 6) is -0.297. The first-order chi connectivity index (χ1) is 11.6. The van der Waals surface area contributed by atoms with Crippen molar-refractivity contribution in [3.05, 3.63) is 63.2 Å². The molecule has 7 heteroatoms. The van der Waals surface area contributed by atoms with E-state index in [0.717, 1.165) is 0 Å². The van der Waals surface area contributed by atoms with Crippen LogP contribution >= 0.6 is 22.6 Å². The number of rotatable bonds is 5. The molecule has 2 rings (SSSR count). The summed E-state index contributed by atoms with van der Waals surface area (Å²) < 4.78 is 50.2. The van der Waals surface area contributed by atoms with Crippen LogP contribution in [0.15, 0.2) is 48.5 Å². The highest BCUT2D eigenvalue weighted by Crippen LogP contribution is 2.38. The zero-order valence-corrected chi connectivity index (χ0v) is 15.7. The number of halogens is 4. The van der Waals surface area contributed by atoms with Gasteiger partial charge in [0.25, 0.3) is 0 Å². The highest BCUT2D eigenvalue weighted by molar-refractivity contribution is 14.1. The van der Waals surface area contributed by atoms with E-state index >= 15 is 0 Å². The minimum absolute atomic E-state index is 0.227. The maximum absolute atomic E-state index is 13.1. The number of carbonyl (C=O) groups excluding carboxylic acids is 1. The van der Waals surface area contributed by atoms with Crippen LogP contribution in [-0.2, 0) is 10.3 Å². The summed E-state index contributed by atoms with van der Waals surface area (Å²) in [7, 11) is 1.46. The Morgan fingerprint density at radius 3 is 2.20 bits per heavy atom. The van der Waals surface area contributed by atoms with Gasteiger partial charge in [0.1, 0.15) is 11.4 Å². The van der Waals surface area contributed by atoms with E-state index in [9.17, 15) is 18.0 Å². The molecule has 0 spiro atoms. The summed E-state index contributed by atoms with van der Waals surface area (Å²) in [6, 6.07) is 12.6. The Bertz CT molecular complexity index is 744. The van der Waals surface area contributed by atoms with Crippen molar-refractivity contribution in [1.29, 1.82) is 0 Å². The SMILES string of the molecule is COc1ccc(C(C)(CC(F)(F)F)OC(=O)c2ccccc2I)cc1. The second kappa shape index (κ2) is 7.63. The predicted molar refractivity (Wildman–Crippen MR) is 95.6 cm³/mol. The van der Waals surface area contributed by atoms with Gasteiger partial charge in [-0.1, -0.05) is 24.3 Å². The number of ether oxygens (including phenoxy) is 2. The Morgan fingerprint density at radius 1 is 1.08 bits per heavy atom. The standard InChI is InChI=1S/C18H16F3IO3/c1-17(11-18(19,20)21,12-7-9-13(24-2)10-8-12)25-16(23)14-5-3-4-6-15(14)22/h3-10H,11H2,1-2H3. The van der Waals surface area contributed by atoms with Gasteiger partial charge in [0.05, 0.1) is 19.1 Å². The number of esters is 1. The summed E-state index contributed by atoms with van der Waals surface area (Å²) in [4.78, 5) is 12.4. The third-order valence-corrected chi connectivity index (χ3v) is 4.59.